The van der Waals surface area contributed by atoms with E-state index in [0.717, 1.165) is 0 Å². The second-order valence-electron chi connectivity index (χ2n) is 2.00. The first kappa shape index (κ1) is 8.45. The van der Waals surface area contributed by atoms with Crippen LogP contribution in [0.2, 0.25) is 0 Å². The zero-order valence-electron chi connectivity index (χ0n) is 5.03. The second kappa shape index (κ2) is 2.17. The molecule has 0 fully saturated rings. The molecule has 64 valence electrons. The van der Waals surface area contributed by atoms with Crippen LogP contribution < -0.4 is 0 Å². The fraction of sp³-hybridized carbons (Fsp3) is 0.600. The van der Waals surface area contributed by atoms with Crippen LogP contribution in [0.4, 0.5) is 22.0 Å². The molecule has 1 heterocycles. The Morgan fingerprint density at radius 2 is 1.64 bits per heavy atom. The van der Waals surface area contributed by atoms with Gasteiger partial charge in [-0.3, -0.25) is 4.74 Å². The quantitative estimate of drug-likeness (QED) is 0.437. The summed E-state index contributed by atoms with van der Waals surface area (Å²) in [6, 6.07) is 0. The van der Waals surface area contributed by atoms with E-state index >= 15 is 0 Å². The summed E-state index contributed by atoms with van der Waals surface area (Å²) < 4.78 is 62.5. The van der Waals surface area contributed by atoms with Crippen LogP contribution in [0.3, 0.4) is 0 Å². The van der Waals surface area contributed by atoms with E-state index in [1.165, 1.54) is 0 Å². The molecule has 1 unspecified atom stereocenters. The minimum atomic E-state index is -3.93. The number of hydrogen-bond acceptors (Lipinski definition) is 1. The van der Waals surface area contributed by atoms with Gasteiger partial charge in [-0.05, 0) is 6.08 Å². The van der Waals surface area contributed by atoms with Gasteiger partial charge in [0.1, 0.15) is 0 Å². The first-order valence-electron chi connectivity index (χ1n) is 2.61. The Morgan fingerprint density at radius 3 is 1.82 bits per heavy atom. The highest BCUT2D eigenvalue weighted by Gasteiger charge is 2.52. The Balaban J connectivity index is 2.76. The van der Waals surface area contributed by atoms with Crippen molar-refractivity contribution in [2.24, 2.45) is 0 Å². The summed E-state index contributed by atoms with van der Waals surface area (Å²) in [6.45, 7) is 0. The molecule has 0 radical (unpaired) electrons. The van der Waals surface area contributed by atoms with E-state index in [4.69, 9.17) is 0 Å². The molecule has 11 heavy (non-hydrogen) atoms. The molecule has 0 bridgehead atoms. The van der Waals surface area contributed by atoms with Crippen LogP contribution in [-0.2, 0) is 4.74 Å². The summed E-state index contributed by atoms with van der Waals surface area (Å²) >= 11 is 0. The van der Waals surface area contributed by atoms with Crippen LogP contribution in [0.1, 0.15) is 0 Å². The van der Waals surface area contributed by atoms with Gasteiger partial charge in [-0.15, -0.1) is 0 Å². The summed E-state index contributed by atoms with van der Waals surface area (Å²) in [4.78, 5) is 0. The Bertz CT molecular complexity index is 189. The summed E-state index contributed by atoms with van der Waals surface area (Å²) in [6.07, 6.45) is -7.56. The fourth-order valence-corrected chi connectivity index (χ4v) is 0.605. The van der Waals surface area contributed by atoms with Gasteiger partial charge >= 0.3 is 6.11 Å². The highest BCUT2D eigenvalue weighted by Crippen LogP contribution is 2.38. The third-order valence-corrected chi connectivity index (χ3v) is 1.09. The third kappa shape index (κ3) is 1.50. The zero-order valence-corrected chi connectivity index (χ0v) is 5.03. The Kier molecular flexibility index (Phi) is 1.66. The van der Waals surface area contributed by atoms with Crippen molar-refractivity contribution in [3.8, 4) is 0 Å². The fourth-order valence-electron chi connectivity index (χ4n) is 0.605. The maximum atomic E-state index is 12.4. The molecular formula is C5H3F5O. The Hall–Kier alpha value is -0.650. The normalized spacial score (nSPS) is 35.1. The van der Waals surface area contributed by atoms with Crippen molar-refractivity contribution in [2.45, 2.75) is 18.4 Å². The first-order chi connectivity index (χ1) is 4.86. The van der Waals surface area contributed by atoms with E-state index in [9.17, 15) is 22.0 Å². The smallest absolute Gasteiger partial charge is 0.270 e. The monoisotopic (exact) mass is 174 g/mol. The van der Waals surface area contributed by atoms with Crippen LogP contribution in [0.15, 0.2) is 12.2 Å². The molecule has 1 rings (SSSR count). The van der Waals surface area contributed by atoms with E-state index < -0.39 is 18.4 Å². The van der Waals surface area contributed by atoms with E-state index in [0.29, 0.717) is 0 Å². The van der Waals surface area contributed by atoms with Gasteiger partial charge < -0.3 is 0 Å². The van der Waals surface area contributed by atoms with E-state index in [1.807, 2.05) is 0 Å². The van der Waals surface area contributed by atoms with Crippen LogP contribution >= 0.6 is 0 Å². The number of ether oxygens (including phenoxy) is 1. The van der Waals surface area contributed by atoms with Gasteiger partial charge in [0.2, 0.25) is 0 Å². The summed E-state index contributed by atoms with van der Waals surface area (Å²) in [5, 5.41) is 0. The summed E-state index contributed by atoms with van der Waals surface area (Å²) in [5.41, 5.74) is 0. The molecule has 1 atom stereocenters. The summed E-state index contributed by atoms with van der Waals surface area (Å²) in [5.74, 6) is -3.64. The van der Waals surface area contributed by atoms with Gasteiger partial charge in [-0.2, -0.15) is 8.78 Å². The highest BCUT2D eigenvalue weighted by molar-refractivity contribution is 5.08. The minimum Gasteiger partial charge on any atom is -0.270 e. The van der Waals surface area contributed by atoms with Crippen molar-refractivity contribution in [3.63, 3.8) is 0 Å². The van der Waals surface area contributed by atoms with E-state index in [2.05, 4.69) is 4.74 Å². The Labute approximate surface area is 58.4 Å². The van der Waals surface area contributed by atoms with Gasteiger partial charge in [-0.1, -0.05) is 0 Å². The van der Waals surface area contributed by atoms with Gasteiger partial charge in [-0.25, -0.2) is 13.2 Å². The van der Waals surface area contributed by atoms with Crippen molar-refractivity contribution >= 4 is 0 Å². The number of alkyl halides is 5. The molecule has 0 saturated heterocycles. The minimum absolute atomic E-state index is 0.0116. The molecule has 1 aliphatic rings. The van der Waals surface area contributed by atoms with Crippen LogP contribution in [0, 0.1) is 0 Å². The molecule has 0 aromatic rings. The average molecular weight is 174 g/mol. The predicted octanol–water partition coefficient (Wildman–Crippen LogP) is 2.10. The van der Waals surface area contributed by atoms with Gasteiger partial charge in [0.15, 0.2) is 0 Å². The number of hydrogen-bond donors (Lipinski definition) is 0. The molecule has 1 nitrogen and oxygen atoms in total. The molecule has 0 N–H and O–H groups in total. The van der Waals surface area contributed by atoms with Gasteiger partial charge in [0.05, 0.1) is 0 Å². The molecule has 0 aromatic heterocycles. The van der Waals surface area contributed by atoms with Gasteiger partial charge in [0, 0.05) is 6.08 Å². The van der Waals surface area contributed by atoms with Crippen LogP contribution in [0.25, 0.3) is 0 Å². The van der Waals surface area contributed by atoms with Crippen molar-refractivity contribution in [1.29, 1.82) is 0 Å². The van der Waals surface area contributed by atoms with Crippen LogP contribution in [-0.4, -0.2) is 18.4 Å². The lowest BCUT2D eigenvalue weighted by Gasteiger charge is -2.18. The zero-order chi connectivity index (χ0) is 8.70. The lowest BCUT2D eigenvalue weighted by Crippen LogP contribution is -2.34. The topological polar surface area (TPSA) is 9.23 Å². The van der Waals surface area contributed by atoms with E-state index in [-0.39, 0.29) is 12.2 Å². The van der Waals surface area contributed by atoms with E-state index in [1.54, 1.807) is 0 Å². The number of rotatable bonds is 1. The SMILES string of the molecule is FC(F)C1(F)C=CC(F)(F)O1. The molecule has 6 heteroatoms. The maximum Gasteiger partial charge on any atom is 0.379 e. The molecular weight excluding hydrogens is 171 g/mol. The molecule has 0 amide bonds. The average Bonchev–Trinajstić information content (AvgIpc) is 2.08. The first-order valence-corrected chi connectivity index (χ1v) is 2.61. The van der Waals surface area contributed by atoms with Crippen molar-refractivity contribution in [3.05, 3.63) is 12.2 Å². The molecule has 1 aliphatic heterocycles. The van der Waals surface area contributed by atoms with Crippen LogP contribution in [0.5, 0.6) is 0 Å². The molecule has 0 saturated carbocycles. The lowest BCUT2D eigenvalue weighted by atomic mass is 10.3. The highest BCUT2D eigenvalue weighted by atomic mass is 19.3. The summed E-state index contributed by atoms with van der Waals surface area (Å²) in [7, 11) is 0. The third-order valence-electron chi connectivity index (χ3n) is 1.09. The molecule has 0 aromatic carbocycles. The van der Waals surface area contributed by atoms with Crippen molar-refractivity contribution < 1.29 is 26.7 Å². The second-order valence-corrected chi connectivity index (χ2v) is 2.00. The predicted molar refractivity (Wildman–Crippen MR) is 25.0 cm³/mol. The lowest BCUT2D eigenvalue weighted by molar-refractivity contribution is -0.302. The Morgan fingerprint density at radius 1 is 1.09 bits per heavy atom. The molecule has 0 spiro atoms. The molecule has 0 aliphatic carbocycles. The number of halogens is 5. The van der Waals surface area contributed by atoms with Crippen molar-refractivity contribution in [1.82, 2.24) is 0 Å². The standard InChI is InChI=1S/C5H3F5O/c6-3(7)4(8)1-2-5(9,10)11-4/h1-3H. The largest absolute Gasteiger partial charge is 0.379 e. The van der Waals surface area contributed by atoms with Gasteiger partial charge in [0.25, 0.3) is 12.3 Å². The maximum absolute atomic E-state index is 12.4. The van der Waals surface area contributed by atoms with Crippen molar-refractivity contribution in [2.75, 3.05) is 0 Å².